The number of nitrogens with zero attached hydrogens (tertiary/aromatic N) is 2. The van der Waals surface area contributed by atoms with E-state index in [-0.39, 0.29) is 5.56 Å². The van der Waals surface area contributed by atoms with Gasteiger partial charge < -0.3 is 4.90 Å². The topological polar surface area (TPSA) is 44.1 Å². The van der Waals surface area contributed by atoms with Crippen molar-refractivity contribution < 1.29 is 9.18 Å². The first-order chi connectivity index (χ1) is 10.0. The molecule has 3 nitrogen and oxygen atoms in total. The molecule has 0 N–H and O–H groups in total. The molecule has 2 aromatic carbocycles. The second-order valence-corrected chi connectivity index (χ2v) is 5.51. The van der Waals surface area contributed by atoms with Gasteiger partial charge in [0.05, 0.1) is 17.2 Å². The Labute approximate surface area is 130 Å². The van der Waals surface area contributed by atoms with Crippen molar-refractivity contribution in [3.63, 3.8) is 0 Å². The summed E-state index contributed by atoms with van der Waals surface area (Å²) < 4.78 is 14.4. The van der Waals surface area contributed by atoms with E-state index in [0.29, 0.717) is 16.6 Å². The molecule has 0 aliphatic rings. The Balaban J connectivity index is 2.19. The first-order valence-electron chi connectivity index (χ1n) is 6.21. The van der Waals surface area contributed by atoms with Gasteiger partial charge in [-0.1, -0.05) is 28.1 Å². The zero-order valence-electron chi connectivity index (χ0n) is 11.3. The van der Waals surface area contributed by atoms with Crippen molar-refractivity contribution in [2.45, 2.75) is 6.54 Å². The predicted molar refractivity (Wildman–Crippen MR) is 81.1 cm³/mol. The Morgan fingerprint density at radius 2 is 2.10 bits per heavy atom. The molecule has 0 bridgehead atoms. The van der Waals surface area contributed by atoms with Gasteiger partial charge in [0, 0.05) is 18.1 Å². The molecule has 2 aromatic rings. The zero-order chi connectivity index (χ0) is 15.4. The fraction of sp³-hybridized carbons (Fsp3) is 0.125. The van der Waals surface area contributed by atoms with E-state index in [9.17, 15) is 9.18 Å². The third-order valence-electron chi connectivity index (χ3n) is 2.98. The molecule has 21 heavy (non-hydrogen) atoms. The maximum atomic E-state index is 13.7. The van der Waals surface area contributed by atoms with Crippen molar-refractivity contribution in [2.75, 3.05) is 7.05 Å². The molecule has 0 unspecified atom stereocenters. The van der Waals surface area contributed by atoms with Gasteiger partial charge in [-0.05, 0) is 35.9 Å². The van der Waals surface area contributed by atoms with E-state index in [1.54, 1.807) is 31.3 Å². The number of carbonyl (C=O) groups is 1. The summed E-state index contributed by atoms with van der Waals surface area (Å²) in [4.78, 5) is 13.7. The van der Waals surface area contributed by atoms with Crippen molar-refractivity contribution in [1.29, 1.82) is 5.26 Å². The fourth-order valence-corrected chi connectivity index (χ4v) is 2.31. The molecule has 0 fully saturated rings. The smallest absolute Gasteiger partial charge is 0.256 e. The molecule has 0 radical (unpaired) electrons. The highest BCUT2D eigenvalue weighted by Crippen LogP contribution is 2.18. The van der Waals surface area contributed by atoms with Crippen LogP contribution in [0.4, 0.5) is 4.39 Å². The third-order valence-corrected chi connectivity index (χ3v) is 3.47. The summed E-state index contributed by atoms with van der Waals surface area (Å²) in [6, 6.07) is 13.3. The first-order valence-corrected chi connectivity index (χ1v) is 7.00. The number of rotatable bonds is 3. The van der Waals surface area contributed by atoms with Gasteiger partial charge in [-0.15, -0.1) is 0 Å². The van der Waals surface area contributed by atoms with Gasteiger partial charge >= 0.3 is 0 Å². The number of hydrogen-bond donors (Lipinski definition) is 0. The van der Waals surface area contributed by atoms with Gasteiger partial charge in [-0.25, -0.2) is 4.39 Å². The summed E-state index contributed by atoms with van der Waals surface area (Å²) in [6.45, 7) is 0.306. The molecule has 0 saturated heterocycles. The fourth-order valence-electron chi connectivity index (χ4n) is 1.95. The van der Waals surface area contributed by atoms with Crippen LogP contribution in [0.3, 0.4) is 0 Å². The lowest BCUT2D eigenvalue weighted by atomic mass is 10.1. The minimum Gasteiger partial charge on any atom is -0.337 e. The second kappa shape index (κ2) is 6.51. The minimum atomic E-state index is -0.555. The van der Waals surface area contributed by atoms with Gasteiger partial charge in [0.2, 0.25) is 0 Å². The molecule has 1 amide bonds. The summed E-state index contributed by atoms with van der Waals surface area (Å²) in [6.07, 6.45) is 0. The average molecular weight is 347 g/mol. The zero-order valence-corrected chi connectivity index (χ0v) is 12.9. The van der Waals surface area contributed by atoms with Crippen molar-refractivity contribution in [3.8, 4) is 6.07 Å². The van der Waals surface area contributed by atoms with Crippen molar-refractivity contribution in [2.24, 2.45) is 0 Å². The van der Waals surface area contributed by atoms with Crippen LogP contribution in [-0.2, 0) is 6.54 Å². The summed E-state index contributed by atoms with van der Waals surface area (Å²) in [5.74, 6) is -0.961. The minimum absolute atomic E-state index is 0.0170. The molecule has 2 rings (SSSR count). The monoisotopic (exact) mass is 346 g/mol. The molecule has 106 valence electrons. The molecule has 0 spiro atoms. The number of nitriles is 1. The lowest BCUT2D eigenvalue weighted by Gasteiger charge is -2.18. The molecule has 5 heteroatoms. The van der Waals surface area contributed by atoms with Crippen molar-refractivity contribution >= 4 is 21.8 Å². The number of amides is 1. The van der Waals surface area contributed by atoms with Gasteiger partial charge in [0.1, 0.15) is 5.82 Å². The maximum Gasteiger partial charge on any atom is 0.256 e. The van der Waals surface area contributed by atoms with E-state index >= 15 is 0 Å². The summed E-state index contributed by atoms with van der Waals surface area (Å²) in [5.41, 5.74) is 1.37. The van der Waals surface area contributed by atoms with Crippen LogP contribution in [0.2, 0.25) is 0 Å². The number of benzene rings is 2. The van der Waals surface area contributed by atoms with Crippen molar-refractivity contribution in [1.82, 2.24) is 4.90 Å². The average Bonchev–Trinajstić information content (AvgIpc) is 2.49. The second-order valence-electron chi connectivity index (χ2n) is 4.60. The Bertz CT molecular complexity index is 724. The van der Waals surface area contributed by atoms with E-state index in [2.05, 4.69) is 15.9 Å². The van der Waals surface area contributed by atoms with Gasteiger partial charge in [0.25, 0.3) is 5.91 Å². The van der Waals surface area contributed by atoms with E-state index < -0.39 is 11.7 Å². The van der Waals surface area contributed by atoms with E-state index in [1.165, 1.54) is 17.0 Å². The van der Waals surface area contributed by atoms with Crippen LogP contribution in [-0.4, -0.2) is 17.9 Å². The van der Waals surface area contributed by atoms with Crippen molar-refractivity contribution in [3.05, 3.63) is 69.4 Å². The Morgan fingerprint density at radius 1 is 1.33 bits per heavy atom. The van der Waals surface area contributed by atoms with Gasteiger partial charge in [-0.2, -0.15) is 5.26 Å². The summed E-state index contributed by atoms with van der Waals surface area (Å²) in [5, 5.41) is 8.86. The molecule has 0 aliphatic carbocycles. The highest BCUT2D eigenvalue weighted by molar-refractivity contribution is 9.10. The SMILES string of the molecule is CN(Cc1cccc(C#N)c1)C(=O)c1cc(Br)ccc1F. The highest BCUT2D eigenvalue weighted by Gasteiger charge is 2.16. The van der Waals surface area contributed by atoms with Crippen LogP contribution in [0.25, 0.3) is 0 Å². The van der Waals surface area contributed by atoms with E-state index in [1.807, 2.05) is 12.1 Å². The molecular weight excluding hydrogens is 335 g/mol. The number of halogens is 2. The van der Waals surface area contributed by atoms with Crippen LogP contribution in [0, 0.1) is 17.1 Å². The standard InChI is InChI=1S/C16H12BrFN2O/c1-20(10-12-4-2-3-11(7-12)9-19)16(21)14-8-13(17)5-6-15(14)18/h2-8H,10H2,1H3. The molecule has 0 heterocycles. The Morgan fingerprint density at radius 3 is 2.81 bits per heavy atom. The highest BCUT2D eigenvalue weighted by atomic mass is 79.9. The lowest BCUT2D eigenvalue weighted by Crippen LogP contribution is -2.27. The molecule has 0 aliphatic heterocycles. The number of hydrogen-bond acceptors (Lipinski definition) is 2. The normalized spacial score (nSPS) is 10.0. The Kier molecular flexibility index (Phi) is 4.71. The first kappa shape index (κ1) is 15.2. The van der Waals surface area contributed by atoms with E-state index in [4.69, 9.17) is 5.26 Å². The van der Waals surface area contributed by atoms with Crippen LogP contribution in [0.1, 0.15) is 21.5 Å². The summed E-state index contributed by atoms with van der Waals surface area (Å²) >= 11 is 3.23. The quantitative estimate of drug-likeness (QED) is 0.849. The third kappa shape index (κ3) is 3.67. The maximum absolute atomic E-state index is 13.7. The van der Waals surface area contributed by atoms with Crippen LogP contribution >= 0.6 is 15.9 Å². The number of carbonyl (C=O) groups excluding carboxylic acids is 1. The van der Waals surface area contributed by atoms with Gasteiger partial charge in [0.15, 0.2) is 0 Å². The van der Waals surface area contributed by atoms with Crippen LogP contribution in [0.5, 0.6) is 0 Å². The molecule has 0 saturated carbocycles. The molecule has 0 aromatic heterocycles. The predicted octanol–water partition coefficient (Wildman–Crippen LogP) is 3.73. The van der Waals surface area contributed by atoms with Gasteiger partial charge in [-0.3, -0.25) is 4.79 Å². The molecule has 0 atom stereocenters. The van der Waals surface area contributed by atoms with Crippen LogP contribution < -0.4 is 0 Å². The summed E-state index contributed by atoms with van der Waals surface area (Å²) in [7, 11) is 1.60. The largest absolute Gasteiger partial charge is 0.337 e. The Hall–Kier alpha value is -2.19. The lowest BCUT2D eigenvalue weighted by molar-refractivity contribution is 0.0780. The molecular formula is C16H12BrFN2O. The van der Waals surface area contributed by atoms with E-state index in [0.717, 1.165) is 5.56 Å². The van der Waals surface area contributed by atoms with Crippen LogP contribution in [0.15, 0.2) is 46.9 Å².